The Kier molecular flexibility index (Phi) is 5.84. The van der Waals surface area contributed by atoms with Crippen molar-refractivity contribution in [2.24, 2.45) is 0 Å². The Labute approximate surface area is 194 Å². The lowest BCUT2D eigenvalue weighted by molar-refractivity contribution is 0.641. The van der Waals surface area contributed by atoms with Gasteiger partial charge in [0.15, 0.2) is 0 Å². The second-order valence-electron chi connectivity index (χ2n) is 8.61. The van der Waals surface area contributed by atoms with E-state index in [1.165, 1.54) is 48.1 Å². The lowest BCUT2D eigenvalue weighted by Crippen LogP contribution is -2.19. The molecule has 0 saturated carbocycles. The van der Waals surface area contributed by atoms with Crippen molar-refractivity contribution in [3.05, 3.63) is 117 Å². The smallest absolute Gasteiger partial charge is 0.0287 e. The van der Waals surface area contributed by atoms with Crippen LogP contribution in [0.5, 0.6) is 0 Å². The first-order valence-electron chi connectivity index (χ1n) is 10.4. The Hall–Kier alpha value is -2.39. The lowest BCUT2D eigenvalue weighted by Gasteiger charge is -2.28. The molecule has 1 heteroatoms. The summed E-state index contributed by atoms with van der Waals surface area (Å²) in [4.78, 5) is 0. The van der Waals surface area contributed by atoms with Gasteiger partial charge in [-0.2, -0.15) is 0 Å². The molecule has 4 aromatic rings. The molecule has 0 aromatic heterocycles. The topological polar surface area (TPSA) is 0 Å². The zero-order valence-corrected chi connectivity index (χ0v) is 20.2. The third-order valence-electron chi connectivity index (χ3n) is 6.01. The molecule has 4 aromatic carbocycles. The standard InChI is InChI=1S/C29H27I/c1-20-10-14-22(15-11-20)26-18-25(29(3,4)24-8-6-5-7-9-24)19-27(28(26)30)23-16-12-21(2)13-17-23/h5-19H,1-4H3. The van der Waals surface area contributed by atoms with Crippen LogP contribution in [0, 0.1) is 17.4 Å². The lowest BCUT2D eigenvalue weighted by atomic mass is 9.76. The molecule has 150 valence electrons. The zero-order chi connectivity index (χ0) is 21.3. The second kappa shape index (κ2) is 8.39. The minimum Gasteiger partial charge on any atom is -0.0622 e. The maximum atomic E-state index is 2.52. The summed E-state index contributed by atoms with van der Waals surface area (Å²) in [6.45, 7) is 8.92. The van der Waals surface area contributed by atoms with E-state index in [0.717, 1.165) is 0 Å². The van der Waals surface area contributed by atoms with Crippen LogP contribution in [0.1, 0.15) is 36.1 Å². The van der Waals surface area contributed by atoms with Crippen molar-refractivity contribution in [1.82, 2.24) is 0 Å². The van der Waals surface area contributed by atoms with Gasteiger partial charge in [-0.1, -0.05) is 104 Å². The van der Waals surface area contributed by atoms with Crippen LogP contribution in [-0.4, -0.2) is 0 Å². The number of hydrogen-bond donors (Lipinski definition) is 0. The van der Waals surface area contributed by atoms with Gasteiger partial charge < -0.3 is 0 Å². The Bertz CT molecular complexity index is 1080. The monoisotopic (exact) mass is 502 g/mol. The molecular formula is C29H27I. The van der Waals surface area contributed by atoms with Crippen LogP contribution in [0.2, 0.25) is 0 Å². The Balaban J connectivity index is 1.96. The SMILES string of the molecule is Cc1ccc(-c2cc(C(C)(C)c3ccccc3)cc(-c3ccc(C)cc3)c2I)cc1. The van der Waals surface area contributed by atoms with Crippen molar-refractivity contribution in [3.63, 3.8) is 0 Å². The first-order chi connectivity index (χ1) is 14.4. The summed E-state index contributed by atoms with van der Waals surface area (Å²) in [5, 5.41) is 0. The molecule has 4 rings (SSSR count). The molecule has 0 atom stereocenters. The predicted octanol–water partition coefficient (Wildman–Crippen LogP) is 8.57. The Morgan fingerprint density at radius 1 is 0.567 bits per heavy atom. The number of benzene rings is 4. The van der Waals surface area contributed by atoms with Gasteiger partial charge in [-0.3, -0.25) is 0 Å². The first-order valence-corrected chi connectivity index (χ1v) is 11.5. The third kappa shape index (κ3) is 4.09. The summed E-state index contributed by atoms with van der Waals surface area (Å²) < 4.78 is 1.30. The fourth-order valence-corrected chi connectivity index (χ4v) is 4.83. The van der Waals surface area contributed by atoms with Gasteiger partial charge in [0.2, 0.25) is 0 Å². The van der Waals surface area contributed by atoms with Crippen molar-refractivity contribution < 1.29 is 0 Å². The van der Waals surface area contributed by atoms with E-state index in [2.05, 4.69) is 141 Å². The summed E-state index contributed by atoms with van der Waals surface area (Å²) >= 11 is 2.52. The second-order valence-corrected chi connectivity index (χ2v) is 9.69. The molecule has 0 bridgehead atoms. The van der Waals surface area contributed by atoms with E-state index in [0.29, 0.717) is 0 Å². The maximum Gasteiger partial charge on any atom is 0.0287 e. The van der Waals surface area contributed by atoms with Gasteiger partial charge in [0.25, 0.3) is 0 Å². The normalized spacial score (nSPS) is 11.5. The summed E-state index contributed by atoms with van der Waals surface area (Å²) in [7, 11) is 0. The number of rotatable bonds is 4. The first kappa shape index (κ1) is 20.9. The van der Waals surface area contributed by atoms with Crippen molar-refractivity contribution >= 4 is 22.6 Å². The molecule has 0 fully saturated rings. The van der Waals surface area contributed by atoms with Gasteiger partial charge >= 0.3 is 0 Å². The molecule has 0 heterocycles. The van der Waals surface area contributed by atoms with Gasteiger partial charge in [0.1, 0.15) is 0 Å². The summed E-state index contributed by atoms with van der Waals surface area (Å²) in [5.74, 6) is 0. The molecular weight excluding hydrogens is 475 g/mol. The fourth-order valence-electron chi connectivity index (χ4n) is 3.89. The Morgan fingerprint density at radius 3 is 1.43 bits per heavy atom. The highest BCUT2D eigenvalue weighted by Gasteiger charge is 2.25. The molecule has 0 aliphatic carbocycles. The fraction of sp³-hybridized carbons (Fsp3) is 0.172. The minimum atomic E-state index is -0.0928. The van der Waals surface area contributed by atoms with Crippen LogP contribution in [0.25, 0.3) is 22.3 Å². The molecule has 0 nitrogen and oxygen atoms in total. The highest BCUT2D eigenvalue weighted by Crippen LogP contribution is 2.40. The molecule has 0 N–H and O–H groups in total. The van der Waals surface area contributed by atoms with Gasteiger partial charge in [-0.05, 0) is 82.0 Å². The van der Waals surface area contributed by atoms with Crippen LogP contribution >= 0.6 is 22.6 Å². The van der Waals surface area contributed by atoms with Crippen LogP contribution in [0.4, 0.5) is 0 Å². The molecule has 0 radical (unpaired) electrons. The van der Waals surface area contributed by atoms with Crippen molar-refractivity contribution in [2.75, 3.05) is 0 Å². The van der Waals surface area contributed by atoms with Crippen molar-refractivity contribution in [3.8, 4) is 22.3 Å². The van der Waals surface area contributed by atoms with E-state index < -0.39 is 0 Å². The van der Waals surface area contributed by atoms with E-state index in [9.17, 15) is 0 Å². The van der Waals surface area contributed by atoms with E-state index in [1.807, 2.05) is 0 Å². The van der Waals surface area contributed by atoms with E-state index in [-0.39, 0.29) is 5.41 Å². The molecule has 0 aliphatic rings. The number of aryl methyl sites for hydroxylation is 2. The average Bonchev–Trinajstić information content (AvgIpc) is 2.76. The molecule has 0 amide bonds. The highest BCUT2D eigenvalue weighted by molar-refractivity contribution is 14.1. The van der Waals surface area contributed by atoms with E-state index in [1.54, 1.807) is 0 Å². The largest absolute Gasteiger partial charge is 0.0622 e. The molecule has 0 aliphatic heterocycles. The van der Waals surface area contributed by atoms with Gasteiger partial charge in [0.05, 0.1) is 0 Å². The summed E-state index contributed by atoms with van der Waals surface area (Å²) in [6.07, 6.45) is 0. The van der Waals surface area contributed by atoms with E-state index >= 15 is 0 Å². The summed E-state index contributed by atoms with van der Waals surface area (Å²) in [6, 6.07) is 33.3. The Morgan fingerprint density at radius 2 is 1.00 bits per heavy atom. The number of halogens is 1. The highest BCUT2D eigenvalue weighted by atomic mass is 127. The minimum absolute atomic E-state index is 0.0928. The average molecular weight is 502 g/mol. The zero-order valence-electron chi connectivity index (χ0n) is 18.0. The summed E-state index contributed by atoms with van der Waals surface area (Å²) in [5.41, 5.74) is 10.3. The number of hydrogen-bond acceptors (Lipinski definition) is 0. The van der Waals surface area contributed by atoms with Gasteiger partial charge in [-0.15, -0.1) is 0 Å². The molecule has 0 unspecified atom stereocenters. The third-order valence-corrected chi connectivity index (χ3v) is 7.18. The maximum absolute atomic E-state index is 2.52. The van der Waals surface area contributed by atoms with E-state index in [4.69, 9.17) is 0 Å². The molecule has 0 spiro atoms. The van der Waals surface area contributed by atoms with Crippen molar-refractivity contribution in [1.29, 1.82) is 0 Å². The quantitative estimate of drug-likeness (QED) is 0.245. The predicted molar refractivity (Wildman–Crippen MR) is 138 cm³/mol. The molecule has 0 saturated heterocycles. The van der Waals surface area contributed by atoms with Crippen molar-refractivity contribution in [2.45, 2.75) is 33.1 Å². The van der Waals surface area contributed by atoms with Crippen LogP contribution in [0.3, 0.4) is 0 Å². The van der Waals surface area contributed by atoms with Crippen LogP contribution < -0.4 is 0 Å². The van der Waals surface area contributed by atoms with Gasteiger partial charge in [0, 0.05) is 8.99 Å². The van der Waals surface area contributed by atoms with Crippen LogP contribution in [0.15, 0.2) is 91.0 Å². The van der Waals surface area contributed by atoms with Crippen LogP contribution in [-0.2, 0) is 5.41 Å². The van der Waals surface area contributed by atoms with Gasteiger partial charge in [-0.25, -0.2) is 0 Å². The molecule has 30 heavy (non-hydrogen) atoms.